The van der Waals surface area contributed by atoms with Gasteiger partial charge in [-0.15, -0.1) is 0 Å². The lowest BCUT2D eigenvalue weighted by molar-refractivity contribution is -0.114. The summed E-state index contributed by atoms with van der Waals surface area (Å²) in [6.07, 6.45) is 5.06. The van der Waals surface area contributed by atoms with Crippen molar-refractivity contribution < 1.29 is 32.6 Å². The van der Waals surface area contributed by atoms with E-state index < -0.39 is 29.4 Å². The molecule has 0 spiro atoms. The predicted molar refractivity (Wildman–Crippen MR) is 200 cm³/mol. The van der Waals surface area contributed by atoms with Crippen molar-refractivity contribution >= 4 is 40.6 Å². The molecule has 1 unspecified atom stereocenters. The highest BCUT2D eigenvalue weighted by atomic mass is 19.1. The van der Waals surface area contributed by atoms with Crippen LogP contribution in [0.3, 0.4) is 0 Å². The summed E-state index contributed by atoms with van der Waals surface area (Å²) < 4.78 is 47.5. The molecule has 0 saturated carbocycles. The number of amides is 2. The van der Waals surface area contributed by atoms with Gasteiger partial charge in [0.15, 0.2) is 28.9 Å². The van der Waals surface area contributed by atoms with Gasteiger partial charge < -0.3 is 29.3 Å². The first-order valence-electron chi connectivity index (χ1n) is 17.3. The number of ketones is 1. The number of halogens is 2. The van der Waals surface area contributed by atoms with E-state index >= 15 is 8.78 Å². The SMILES string of the molecule is COc1cc(OC)c(F)c(N2Cc3cnc(Nc4ccc(N5CCOCC5)cc4)nc3N(C(C)c3cccc(CC(=O)/C=C/CN(C)C)c3)C2=O)c1F. The van der Waals surface area contributed by atoms with Crippen molar-refractivity contribution in [2.75, 3.05) is 81.2 Å². The van der Waals surface area contributed by atoms with Gasteiger partial charge in [-0.05, 0) is 62.5 Å². The molecule has 6 rings (SSSR count). The van der Waals surface area contributed by atoms with E-state index in [4.69, 9.17) is 19.2 Å². The van der Waals surface area contributed by atoms with Crippen molar-refractivity contribution in [1.29, 1.82) is 0 Å². The molecular weight excluding hydrogens is 684 g/mol. The van der Waals surface area contributed by atoms with Crippen LogP contribution in [0, 0.1) is 11.6 Å². The standard InChI is InChI=1S/C39H43F2N7O5/c1-25(27-9-6-8-26(20-27)21-31(49)10-7-15-45(2)3)48-37-28(24-47(39(48)50)36-34(40)32(51-4)22-33(52-5)35(36)41)23-42-38(44-37)43-29-11-13-30(14-12-29)46-16-18-53-19-17-46/h6-14,20,22-23,25H,15-19,21,24H2,1-5H3,(H,42,43,44)/b10-7+. The van der Waals surface area contributed by atoms with Crippen molar-refractivity contribution in [3.63, 3.8) is 0 Å². The molecule has 1 fully saturated rings. The van der Waals surface area contributed by atoms with Gasteiger partial charge in [0, 0.05) is 55.3 Å². The largest absolute Gasteiger partial charge is 0.493 e. The van der Waals surface area contributed by atoms with Crippen molar-refractivity contribution in [1.82, 2.24) is 14.9 Å². The van der Waals surface area contributed by atoms with Gasteiger partial charge in [-0.25, -0.2) is 18.6 Å². The van der Waals surface area contributed by atoms with Crippen LogP contribution >= 0.6 is 0 Å². The summed E-state index contributed by atoms with van der Waals surface area (Å²) in [5.74, 6) is -2.26. The molecule has 2 amide bonds. The minimum absolute atomic E-state index is 0.0680. The Morgan fingerprint density at radius 3 is 2.40 bits per heavy atom. The number of aromatic nitrogens is 2. The molecule has 1 aromatic heterocycles. The number of anilines is 5. The Kier molecular flexibility index (Phi) is 11.5. The number of morpholine rings is 1. The number of likely N-dealkylation sites (N-methyl/N-ethyl adjacent to an activating group) is 1. The normalized spacial score (nSPS) is 15.2. The summed E-state index contributed by atoms with van der Waals surface area (Å²) in [6.45, 7) is 5.16. The smallest absolute Gasteiger partial charge is 0.331 e. The third-order valence-corrected chi connectivity index (χ3v) is 9.13. The Balaban J connectivity index is 1.36. The molecule has 0 aliphatic carbocycles. The second-order valence-corrected chi connectivity index (χ2v) is 13.0. The Labute approximate surface area is 307 Å². The molecular formula is C39H43F2N7O5. The fraction of sp³-hybridized carbons (Fsp3) is 0.333. The average Bonchev–Trinajstić information content (AvgIpc) is 3.15. The number of nitrogens with one attached hydrogen (secondary N) is 1. The van der Waals surface area contributed by atoms with E-state index in [0.29, 0.717) is 30.9 Å². The number of urea groups is 1. The maximum absolute atomic E-state index is 15.9. The van der Waals surface area contributed by atoms with Gasteiger partial charge in [-0.1, -0.05) is 30.3 Å². The molecule has 0 bridgehead atoms. The molecule has 278 valence electrons. The van der Waals surface area contributed by atoms with Crippen LogP contribution < -0.4 is 29.5 Å². The van der Waals surface area contributed by atoms with E-state index in [-0.39, 0.29) is 42.0 Å². The fourth-order valence-corrected chi connectivity index (χ4v) is 6.34. The van der Waals surface area contributed by atoms with E-state index in [9.17, 15) is 9.59 Å². The van der Waals surface area contributed by atoms with Gasteiger partial charge in [0.1, 0.15) is 11.5 Å². The highest BCUT2D eigenvalue weighted by molar-refractivity contribution is 6.06. The van der Waals surface area contributed by atoms with Crippen LogP contribution in [0.15, 0.2) is 72.9 Å². The third-order valence-electron chi connectivity index (χ3n) is 9.13. The molecule has 1 N–H and O–H groups in total. The van der Waals surface area contributed by atoms with E-state index in [1.807, 2.05) is 73.6 Å². The molecule has 14 heteroatoms. The van der Waals surface area contributed by atoms with Crippen molar-refractivity contribution in [3.8, 4) is 11.5 Å². The Morgan fingerprint density at radius 2 is 1.74 bits per heavy atom. The Bertz CT molecular complexity index is 1960. The number of allylic oxidation sites excluding steroid dienone is 1. The summed E-state index contributed by atoms with van der Waals surface area (Å²) in [6, 6.07) is 14.8. The quantitative estimate of drug-likeness (QED) is 0.158. The van der Waals surface area contributed by atoms with Crippen LogP contribution in [0.25, 0.3) is 0 Å². The number of methoxy groups -OCH3 is 2. The van der Waals surface area contributed by atoms with E-state index in [2.05, 4.69) is 15.2 Å². The lowest BCUT2D eigenvalue weighted by atomic mass is 10.00. The molecule has 3 heterocycles. The zero-order chi connectivity index (χ0) is 37.6. The molecule has 3 aromatic carbocycles. The summed E-state index contributed by atoms with van der Waals surface area (Å²) in [5, 5.41) is 3.23. The first-order chi connectivity index (χ1) is 25.6. The molecule has 53 heavy (non-hydrogen) atoms. The predicted octanol–water partition coefficient (Wildman–Crippen LogP) is 6.29. The second-order valence-electron chi connectivity index (χ2n) is 13.0. The number of hydrogen-bond donors (Lipinski definition) is 1. The van der Waals surface area contributed by atoms with Gasteiger partial charge in [-0.3, -0.25) is 14.6 Å². The van der Waals surface area contributed by atoms with E-state index in [0.717, 1.165) is 41.0 Å². The first kappa shape index (κ1) is 37.2. The van der Waals surface area contributed by atoms with Gasteiger partial charge >= 0.3 is 6.03 Å². The van der Waals surface area contributed by atoms with Crippen LogP contribution in [0.5, 0.6) is 11.5 Å². The number of fused-ring (bicyclic) bond motifs is 1. The van der Waals surface area contributed by atoms with E-state index in [1.165, 1.54) is 25.3 Å². The molecule has 12 nitrogen and oxygen atoms in total. The molecule has 0 radical (unpaired) electrons. The van der Waals surface area contributed by atoms with Crippen molar-refractivity contribution in [2.45, 2.75) is 25.9 Å². The van der Waals surface area contributed by atoms with E-state index in [1.54, 1.807) is 13.0 Å². The van der Waals surface area contributed by atoms with Crippen molar-refractivity contribution in [3.05, 3.63) is 101 Å². The van der Waals surface area contributed by atoms with Gasteiger partial charge in [0.05, 0.1) is 40.0 Å². The highest BCUT2D eigenvalue weighted by Gasteiger charge is 2.40. The van der Waals surface area contributed by atoms with Gasteiger partial charge in [0.2, 0.25) is 5.95 Å². The maximum atomic E-state index is 15.9. The van der Waals surface area contributed by atoms with Crippen LogP contribution in [0.1, 0.15) is 29.7 Å². The van der Waals surface area contributed by atoms with Crippen molar-refractivity contribution in [2.24, 2.45) is 0 Å². The van der Waals surface area contributed by atoms with Gasteiger partial charge in [-0.2, -0.15) is 4.98 Å². The first-order valence-corrected chi connectivity index (χ1v) is 17.3. The zero-order valence-electron chi connectivity index (χ0n) is 30.4. The second kappa shape index (κ2) is 16.4. The topological polar surface area (TPSA) is 113 Å². The highest BCUT2D eigenvalue weighted by Crippen LogP contribution is 2.42. The number of carbonyl (C=O) groups is 2. The number of benzene rings is 3. The number of ether oxygens (including phenoxy) is 3. The molecule has 2 aliphatic rings. The number of nitrogens with zero attached hydrogens (tertiary/aromatic N) is 6. The van der Waals surface area contributed by atoms with Crippen LogP contribution in [-0.2, 0) is 22.5 Å². The lowest BCUT2D eigenvalue weighted by Gasteiger charge is -2.39. The third kappa shape index (κ3) is 8.23. The minimum Gasteiger partial charge on any atom is -0.493 e. The summed E-state index contributed by atoms with van der Waals surface area (Å²) in [4.78, 5) is 43.2. The summed E-state index contributed by atoms with van der Waals surface area (Å²) in [7, 11) is 6.33. The summed E-state index contributed by atoms with van der Waals surface area (Å²) >= 11 is 0. The number of rotatable bonds is 13. The fourth-order valence-electron chi connectivity index (χ4n) is 6.34. The van der Waals surface area contributed by atoms with Crippen LogP contribution in [0.4, 0.5) is 42.4 Å². The maximum Gasteiger partial charge on any atom is 0.331 e. The molecule has 1 atom stereocenters. The Morgan fingerprint density at radius 1 is 1.04 bits per heavy atom. The van der Waals surface area contributed by atoms with Crippen LogP contribution in [-0.4, -0.2) is 87.8 Å². The average molecular weight is 728 g/mol. The molecule has 4 aromatic rings. The Hall–Kier alpha value is -5.60. The minimum atomic E-state index is -1.06. The molecule has 2 aliphatic heterocycles. The van der Waals surface area contributed by atoms with Gasteiger partial charge in [0.25, 0.3) is 0 Å². The van der Waals surface area contributed by atoms with Crippen LogP contribution in [0.2, 0.25) is 0 Å². The number of hydrogen-bond acceptors (Lipinski definition) is 10. The lowest BCUT2D eigenvalue weighted by Crippen LogP contribution is -2.49. The summed E-state index contributed by atoms with van der Waals surface area (Å²) in [5.41, 5.74) is 3.05. The monoisotopic (exact) mass is 727 g/mol. The molecule has 1 saturated heterocycles. The number of carbonyl (C=O) groups excluding carboxylic acids is 2. The zero-order valence-corrected chi connectivity index (χ0v) is 30.4.